The van der Waals surface area contributed by atoms with Crippen molar-refractivity contribution in [2.24, 2.45) is 11.7 Å². The first kappa shape index (κ1) is 14.1. The third-order valence-electron chi connectivity index (χ3n) is 1.89. The summed E-state index contributed by atoms with van der Waals surface area (Å²) in [5.74, 6) is 1.04. The lowest BCUT2D eigenvalue weighted by atomic mass is 9.91. The van der Waals surface area contributed by atoms with Crippen LogP contribution >= 0.6 is 0 Å². The molecule has 1 aliphatic carbocycles. The Hall–Kier alpha value is -0.480. The Bertz CT molecular complexity index is 80.3. The molecule has 0 radical (unpaired) electrons. The molecule has 1 aliphatic rings. The van der Waals surface area contributed by atoms with Crippen LogP contribution in [0, 0.1) is 18.8 Å². The van der Waals surface area contributed by atoms with Crippen LogP contribution in [-0.2, 0) is 0 Å². The molecule has 1 saturated carbocycles. The minimum absolute atomic E-state index is 0.750. The molecule has 1 nitrogen and oxygen atoms in total. The van der Waals surface area contributed by atoms with E-state index in [2.05, 4.69) is 19.8 Å². The van der Waals surface area contributed by atoms with E-state index in [4.69, 9.17) is 5.73 Å². The summed E-state index contributed by atoms with van der Waals surface area (Å²) in [6, 6.07) is 0. The highest BCUT2D eigenvalue weighted by Crippen LogP contribution is 2.21. The lowest BCUT2D eigenvalue weighted by molar-refractivity contribution is 0.385. The smallest absolute Gasteiger partial charge is 0.0106 e. The van der Waals surface area contributed by atoms with Crippen molar-refractivity contribution < 1.29 is 0 Å². The summed E-state index contributed by atoms with van der Waals surface area (Å²) >= 11 is 0. The average Bonchev–Trinajstić information content (AvgIpc) is 2.11. The van der Waals surface area contributed by atoms with E-state index < -0.39 is 0 Å². The predicted molar refractivity (Wildman–Crippen MR) is 56.9 cm³/mol. The number of hydrogen-bond donors (Lipinski definition) is 1. The first-order valence-electron chi connectivity index (χ1n) is 4.84. The van der Waals surface area contributed by atoms with Crippen LogP contribution in [0.2, 0.25) is 0 Å². The van der Waals surface area contributed by atoms with Crippen LogP contribution < -0.4 is 5.73 Å². The minimum Gasteiger partial charge on any atom is -0.331 e. The van der Waals surface area contributed by atoms with E-state index in [0.29, 0.717) is 0 Å². The molecule has 1 fully saturated rings. The van der Waals surface area contributed by atoms with Gasteiger partial charge in [0.25, 0.3) is 0 Å². The summed E-state index contributed by atoms with van der Waals surface area (Å²) in [4.78, 5) is 0. The summed E-state index contributed by atoms with van der Waals surface area (Å²) in [5, 5.41) is 0. The van der Waals surface area contributed by atoms with Crippen LogP contribution in [0.4, 0.5) is 0 Å². The van der Waals surface area contributed by atoms with Crippen LogP contribution in [0.5, 0.6) is 0 Å². The second-order valence-electron chi connectivity index (χ2n) is 3.15. The van der Waals surface area contributed by atoms with Gasteiger partial charge in [-0.15, -0.1) is 12.8 Å². The second-order valence-corrected chi connectivity index (χ2v) is 3.15. The third kappa shape index (κ3) is 12.2. The van der Waals surface area contributed by atoms with Crippen molar-refractivity contribution in [3.05, 3.63) is 0 Å². The SMILES string of the molecule is C#C.CC1CCCCC1.CCN. The van der Waals surface area contributed by atoms with E-state index in [1.165, 1.54) is 32.1 Å². The lowest BCUT2D eigenvalue weighted by Crippen LogP contribution is -1.99. The standard InChI is InChI=1S/C7H14.C2H7N.C2H2/c1-7-5-3-2-4-6-7;1-2-3;1-2/h7H,2-6H2,1H3;2-3H2,1H3;1-2H. The van der Waals surface area contributed by atoms with Crippen molar-refractivity contribution >= 4 is 0 Å². The van der Waals surface area contributed by atoms with E-state index in [-0.39, 0.29) is 0 Å². The van der Waals surface area contributed by atoms with E-state index in [9.17, 15) is 0 Å². The maximum absolute atomic E-state index is 4.85. The molecular formula is C11H23N. The fourth-order valence-electron chi connectivity index (χ4n) is 1.31. The summed E-state index contributed by atoms with van der Waals surface area (Å²) in [6.45, 7) is 5.01. The zero-order valence-corrected chi connectivity index (χ0v) is 8.55. The number of hydrogen-bond acceptors (Lipinski definition) is 1. The van der Waals surface area contributed by atoms with Crippen molar-refractivity contribution in [3.63, 3.8) is 0 Å². The Morgan fingerprint density at radius 3 is 1.67 bits per heavy atom. The summed E-state index contributed by atoms with van der Waals surface area (Å²) < 4.78 is 0. The molecule has 1 heteroatoms. The molecular weight excluding hydrogens is 146 g/mol. The van der Waals surface area contributed by atoms with Gasteiger partial charge in [-0.1, -0.05) is 46.0 Å². The van der Waals surface area contributed by atoms with Gasteiger partial charge in [0.05, 0.1) is 0 Å². The van der Waals surface area contributed by atoms with Crippen molar-refractivity contribution in [2.75, 3.05) is 6.54 Å². The van der Waals surface area contributed by atoms with Crippen LogP contribution in [0.25, 0.3) is 0 Å². The highest BCUT2D eigenvalue weighted by Gasteiger charge is 2.05. The zero-order valence-electron chi connectivity index (χ0n) is 8.55. The molecule has 0 spiro atoms. The number of terminal acetylenes is 1. The lowest BCUT2D eigenvalue weighted by Gasteiger charge is -2.15. The summed E-state index contributed by atoms with van der Waals surface area (Å²) in [6.07, 6.45) is 15.4. The molecule has 0 atom stereocenters. The van der Waals surface area contributed by atoms with Gasteiger partial charge in [-0.2, -0.15) is 0 Å². The van der Waals surface area contributed by atoms with Crippen LogP contribution in [0.15, 0.2) is 0 Å². The quantitative estimate of drug-likeness (QED) is 0.554. The highest BCUT2D eigenvalue weighted by molar-refractivity contribution is 4.59. The van der Waals surface area contributed by atoms with E-state index in [0.717, 1.165) is 12.5 Å². The maximum Gasteiger partial charge on any atom is -0.0106 e. The van der Waals surface area contributed by atoms with Gasteiger partial charge in [0.15, 0.2) is 0 Å². The summed E-state index contributed by atoms with van der Waals surface area (Å²) in [7, 11) is 0. The third-order valence-corrected chi connectivity index (χ3v) is 1.89. The van der Waals surface area contributed by atoms with Gasteiger partial charge in [-0.25, -0.2) is 0 Å². The molecule has 12 heavy (non-hydrogen) atoms. The molecule has 2 N–H and O–H groups in total. The Kier molecular flexibility index (Phi) is 15.4. The van der Waals surface area contributed by atoms with E-state index in [1.54, 1.807) is 0 Å². The Balaban J connectivity index is 0. The predicted octanol–water partition coefficient (Wildman–Crippen LogP) is 2.80. The fourth-order valence-corrected chi connectivity index (χ4v) is 1.31. The second kappa shape index (κ2) is 13.1. The first-order chi connectivity index (χ1) is 5.81. The molecule has 72 valence electrons. The average molecular weight is 169 g/mol. The molecule has 1 rings (SSSR count). The topological polar surface area (TPSA) is 26.0 Å². The van der Waals surface area contributed by atoms with Gasteiger partial charge in [0.1, 0.15) is 0 Å². The van der Waals surface area contributed by atoms with Gasteiger partial charge in [0, 0.05) is 0 Å². The number of rotatable bonds is 0. The van der Waals surface area contributed by atoms with Crippen molar-refractivity contribution in [1.29, 1.82) is 0 Å². The minimum atomic E-state index is 0.750. The molecule has 0 unspecified atom stereocenters. The highest BCUT2D eigenvalue weighted by atomic mass is 14.5. The monoisotopic (exact) mass is 169 g/mol. The zero-order chi connectivity index (χ0) is 9.82. The van der Waals surface area contributed by atoms with Crippen molar-refractivity contribution in [1.82, 2.24) is 0 Å². The molecule has 0 saturated heterocycles. The van der Waals surface area contributed by atoms with Gasteiger partial charge in [-0.05, 0) is 12.5 Å². The molecule has 0 amide bonds. The molecule has 0 aromatic heterocycles. The Morgan fingerprint density at radius 1 is 1.17 bits per heavy atom. The molecule has 0 bridgehead atoms. The molecule has 0 aromatic carbocycles. The van der Waals surface area contributed by atoms with Crippen LogP contribution in [0.3, 0.4) is 0 Å². The Labute approximate surface area is 77.7 Å². The Morgan fingerprint density at radius 2 is 1.50 bits per heavy atom. The van der Waals surface area contributed by atoms with Crippen LogP contribution in [0.1, 0.15) is 46.0 Å². The van der Waals surface area contributed by atoms with E-state index >= 15 is 0 Å². The van der Waals surface area contributed by atoms with Crippen molar-refractivity contribution in [3.8, 4) is 12.8 Å². The van der Waals surface area contributed by atoms with Crippen molar-refractivity contribution in [2.45, 2.75) is 46.0 Å². The van der Waals surface area contributed by atoms with Gasteiger partial charge in [0.2, 0.25) is 0 Å². The van der Waals surface area contributed by atoms with Crippen LogP contribution in [-0.4, -0.2) is 6.54 Å². The van der Waals surface area contributed by atoms with E-state index in [1.807, 2.05) is 6.92 Å². The molecule has 0 aromatic rings. The number of nitrogens with two attached hydrogens (primary N) is 1. The van der Waals surface area contributed by atoms with Gasteiger partial charge < -0.3 is 5.73 Å². The normalized spacial score (nSPS) is 16.4. The molecule has 0 heterocycles. The largest absolute Gasteiger partial charge is 0.331 e. The van der Waals surface area contributed by atoms with Gasteiger partial charge in [-0.3, -0.25) is 0 Å². The molecule has 0 aliphatic heterocycles. The summed E-state index contributed by atoms with van der Waals surface area (Å²) in [5.41, 5.74) is 4.85. The van der Waals surface area contributed by atoms with Gasteiger partial charge >= 0.3 is 0 Å². The maximum atomic E-state index is 4.85. The first-order valence-corrected chi connectivity index (χ1v) is 4.84. The fraction of sp³-hybridized carbons (Fsp3) is 0.818.